The van der Waals surface area contributed by atoms with E-state index < -0.39 is 0 Å². The maximum absolute atomic E-state index is 12.7. The lowest BCUT2D eigenvalue weighted by Gasteiger charge is -2.31. The largest absolute Gasteiger partial charge is 0.365 e. The van der Waals surface area contributed by atoms with Crippen molar-refractivity contribution in [3.8, 4) is 0 Å². The van der Waals surface area contributed by atoms with Gasteiger partial charge in [-0.05, 0) is 41.5 Å². The van der Waals surface area contributed by atoms with Crippen molar-refractivity contribution in [2.45, 2.75) is 18.0 Å². The van der Waals surface area contributed by atoms with Crippen LogP contribution in [-0.4, -0.2) is 18.2 Å². The van der Waals surface area contributed by atoms with Crippen LogP contribution in [0.4, 0.5) is 5.69 Å². The second kappa shape index (κ2) is 8.72. The SMILES string of the molecule is O=C(NCc1ccccc1)c1ccc2c(c1)N(Cc1ccc(Cl)cc1)CCS2. The van der Waals surface area contributed by atoms with Crippen LogP contribution in [0.1, 0.15) is 21.5 Å². The molecule has 0 aromatic heterocycles. The first-order chi connectivity index (χ1) is 13.7. The zero-order chi connectivity index (χ0) is 19.3. The Balaban J connectivity index is 1.50. The molecule has 3 nitrogen and oxygen atoms in total. The highest BCUT2D eigenvalue weighted by Gasteiger charge is 2.19. The summed E-state index contributed by atoms with van der Waals surface area (Å²) in [5, 5.41) is 3.76. The van der Waals surface area contributed by atoms with Crippen LogP contribution in [0.5, 0.6) is 0 Å². The molecule has 0 bridgehead atoms. The summed E-state index contributed by atoms with van der Waals surface area (Å²) >= 11 is 7.85. The molecular formula is C23H21ClN2OS. The minimum atomic E-state index is -0.0475. The normalized spacial score (nSPS) is 13.1. The molecule has 142 valence electrons. The van der Waals surface area contributed by atoms with Gasteiger partial charge in [-0.25, -0.2) is 0 Å². The van der Waals surface area contributed by atoms with E-state index in [9.17, 15) is 4.79 Å². The van der Waals surface area contributed by atoms with Gasteiger partial charge in [0.05, 0.1) is 5.69 Å². The van der Waals surface area contributed by atoms with E-state index in [0.29, 0.717) is 12.1 Å². The van der Waals surface area contributed by atoms with E-state index in [1.54, 1.807) is 0 Å². The van der Waals surface area contributed by atoms with E-state index >= 15 is 0 Å². The Morgan fingerprint density at radius 1 is 1.00 bits per heavy atom. The standard InChI is InChI=1S/C23H21ClN2OS/c24-20-9-6-18(7-10-20)16-26-12-13-28-22-11-8-19(14-21(22)26)23(27)25-15-17-4-2-1-3-5-17/h1-11,14H,12-13,15-16H2,(H,25,27). The van der Waals surface area contributed by atoms with Crippen LogP contribution in [0.2, 0.25) is 5.02 Å². The zero-order valence-electron chi connectivity index (χ0n) is 15.4. The Labute approximate surface area is 174 Å². The molecule has 0 unspecified atom stereocenters. The Morgan fingerprint density at radius 2 is 1.79 bits per heavy atom. The number of thioether (sulfide) groups is 1. The summed E-state index contributed by atoms with van der Waals surface area (Å²) in [5.41, 5.74) is 4.12. The van der Waals surface area contributed by atoms with Crippen LogP contribution in [0, 0.1) is 0 Å². The summed E-state index contributed by atoms with van der Waals surface area (Å²) in [4.78, 5) is 16.2. The molecule has 1 N–H and O–H groups in total. The summed E-state index contributed by atoms with van der Waals surface area (Å²) in [7, 11) is 0. The average Bonchev–Trinajstić information content (AvgIpc) is 2.74. The molecule has 3 aromatic carbocycles. The van der Waals surface area contributed by atoms with Gasteiger partial charge in [0.2, 0.25) is 0 Å². The van der Waals surface area contributed by atoms with E-state index in [1.165, 1.54) is 10.5 Å². The number of nitrogens with one attached hydrogen (secondary N) is 1. The minimum absolute atomic E-state index is 0.0475. The maximum Gasteiger partial charge on any atom is 0.251 e. The molecule has 3 aromatic rings. The van der Waals surface area contributed by atoms with Gasteiger partial charge in [0.25, 0.3) is 5.91 Å². The Hall–Kier alpha value is -2.43. The molecule has 28 heavy (non-hydrogen) atoms. The number of carbonyl (C=O) groups is 1. The molecule has 1 aliphatic heterocycles. The molecule has 0 radical (unpaired) electrons. The Morgan fingerprint density at radius 3 is 2.57 bits per heavy atom. The van der Waals surface area contributed by atoms with Gasteiger partial charge in [0.1, 0.15) is 0 Å². The van der Waals surface area contributed by atoms with Crippen molar-refractivity contribution in [1.29, 1.82) is 0 Å². The van der Waals surface area contributed by atoms with Crippen LogP contribution in [-0.2, 0) is 13.1 Å². The third-order valence-electron chi connectivity index (χ3n) is 4.76. The number of nitrogens with zero attached hydrogens (tertiary/aromatic N) is 1. The fourth-order valence-corrected chi connectivity index (χ4v) is 4.43. The van der Waals surface area contributed by atoms with Gasteiger partial charge in [-0.3, -0.25) is 4.79 Å². The molecule has 1 heterocycles. The van der Waals surface area contributed by atoms with E-state index in [-0.39, 0.29) is 5.91 Å². The minimum Gasteiger partial charge on any atom is -0.365 e. The molecule has 0 saturated heterocycles. The van der Waals surface area contributed by atoms with Crippen LogP contribution in [0.25, 0.3) is 0 Å². The average molecular weight is 409 g/mol. The van der Waals surface area contributed by atoms with E-state index in [1.807, 2.05) is 66.4 Å². The summed E-state index contributed by atoms with van der Waals surface area (Å²) in [6.07, 6.45) is 0. The van der Waals surface area contributed by atoms with Crippen LogP contribution in [0.3, 0.4) is 0 Å². The first-order valence-electron chi connectivity index (χ1n) is 9.27. The first kappa shape index (κ1) is 18.9. The molecule has 1 amide bonds. The van der Waals surface area contributed by atoms with Crippen molar-refractivity contribution in [2.75, 3.05) is 17.2 Å². The fraction of sp³-hybridized carbons (Fsp3) is 0.174. The number of halogens is 1. The van der Waals surface area contributed by atoms with Crippen molar-refractivity contribution in [1.82, 2.24) is 5.32 Å². The van der Waals surface area contributed by atoms with Crippen molar-refractivity contribution in [3.05, 3.63) is 94.5 Å². The third-order valence-corrected chi connectivity index (χ3v) is 6.06. The second-order valence-corrected chi connectivity index (χ2v) is 8.32. The first-order valence-corrected chi connectivity index (χ1v) is 10.6. The highest BCUT2D eigenvalue weighted by molar-refractivity contribution is 7.99. The fourth-order valence-electron chi connectivity index (χ4n) is 3.27. The summed E-state index contributed by atoms with van der Waals surface area (Å²) in [5.74, 6) is 0.994. The van der Waals surface area contributed by atoms with Gasteiger partial charge in [-0.2, -0.15) is 0 Å². The van der Waals surface area contributed by atoms with Crippen LogP contribution in [0.15, 0.2) is 77.7 Å². The predicted octanol–water partition coefficient (Wildman–Crippen LogP) is 5.38. The van der Waals surface area contributed by atoms with Crippen molar-refractivity contribution in [2.24, 2.45) is 0 Å². The predicted molar refractivity (Wildman–Crippen MR) is 117 cm³/mol. The lowest BCUT2D eigenvalue weighted by atomic mass is 10.1. The number of amides is 1. The van der Waals surface area contributed by atoms with Gasteiger partial charge >= 0.3 is 0 Å². The highest BCUT2D eigenvalue weighted by atomic mass is 35.5. The highest BCUT2D eigenvalue weighted by Crippen LogP contribution is 2.36. The maximum atomic E-state index is 12.7. The van der Waals surface area contributed by atoms with Gasteiger partial charge in [-0.1, -0.05) is 54.1 Å². The lowest BCUT2D eigenvalue weighted by molar-refractivity contribution is 0.0951. The van der Waals surface area contributed by atoms with Gasteiger partial charge in [-0.15, -0.1) is 11.8 Å². The number of fused-ring (bicyclic) bond motifs is 1. The van der Waals surface area contributed by atoms with Crippen molar-refractivity contribution < 1.29 is 4.79 Å². The van der Waals surface area contributed by atoms with Crippen molar-refractivity contribution >= 4 is 35.0 Å². The van der Waals surface area contributed by atoms with Gasteiger partial charge in [0.15, 0.2) is 0 Å². The molecule has 0 fully saturated rings. The summed E-state index contributed by atoms with van der Waals surface area (Å²) in [6, 6.07) is 23.9. The number of carbonyl (C=O) groups excluding carboxylic acids is 1. The van der Waals surface area contributed by atoms with Crippen molar-refractivity contribution in [3.63, 3.8) is 0 Å². The molecule has 0 saturated carbocycles. The summed E-state index contributed by atoms with van der Waals surface area (Å²) < 4.78 is 0. The number of benzene rings is 3. The lowest BCUT2D eigenvalue weighted by Crippen LogP contribution is -2.29. The van der Waals surface area contributed by atoms with Crippen LogP contribution >= 0.6 is 23.4 Å². The topological polar surface area (TPSA) is 32.3 Å². The number of hydrogen-bond donors (Lipinski definition) is 1. The monoisotopic (exact) mass is 408 g/mol. The van der Waals surface area contributed by atoms with Crippen LogP contribution < -0.4 is 10.2 Å². The molecule has 0 spiro atoms. The number of rotatable bonds is 5. The molecule has 0 atom stereocenters. The molecule has 0 aliphatic carbocycles. The molecule has 1 aliphatic rings. The Kier molecular flexibility index (Phi) is 5.89. The summed E-state index contributed by atoms with van der Waals surface area (Å²) in [6.45, 7) is 2.29. The third kappa shape index (κ3) is 4.51. The van der Waals surface area contributed by atoms with E-state index in [2.05, 4.69) is 28.4 Å². The smallest absolute Gasteiger partial charge is 0.251 e. The second-order valence-electron chi connectivity index (χ2n) is 6.75. The quantitative estimate of drug-likeness (QED) is 0.614. The van der Waals surface area contributed by atoms with Gasteiger partial charge < -0.3 is 10.2 Å². The van der Waals surface area contributed by atoms with E-state index in [0.717, 1.165) is 35.1 Å². The molecular weight excluding hydrogens is 388 g/mol. The number of anilines is 1. The van der Waals surface area contributed by atoms with Gasteiger partial charge in [0, 0.05) is 40.9 Å². The zero-order valence-corrected chi connectivity index (χ0v) is 17.0. The molecule has 4 rings (SSSR count). The number of hydrogen-bond acceptors (Lipinski definition) is 3. The molecule has 5 heteroatoms. The Bertz CT molecular complexity index is 960. The van der Waals surface area contributed by atoms with E-state index in [4.69, 9.17) is 11.6 Å².